The van der Waals surface area contributed by atoms with E-state index < -0.39 is 23.0 Å². The van der Waals surface area contributed by atoms with Gasteiger partial charge < -0.3 is 16.5 Å². The minimum absolute atomic E-state index is 0.132. The second-order valence-electron chi connectivity index (χ2n) is 3.63. The summed E-state index contributed by atoms with van der Waals surface area (Å²) in [6, 6.07) is -0.0893. The molecule has 102 valence electrons. The Labute approximate surface area is 105 Å². The number of aromatic amines is 1. The van der Waals surface area contributed by atoms with E-state index in [1.165, 1.54) is 0 Å². The van der Waals surface area contributed by atoms with Crippen LogP contribution in [0.3, 0.4) is 0 Å². The van der Waals surface area contributed by atoms with Crippen LogP contribution in [0.2, 0.25) is 0 Å². The summed E-state index contributed by atoms with van der Waals surface area (Å²) in [6.45, 7) is 1.56. The number of nitrogens with zero attached hydrogens (tertiary/aromatic N) is 1. The second-order valence-corrected chi connectivity index (χ2v) is 4.76. The van der Waals surface area contributed by atoms with Crippen molar-refractivity contribution >= 4 is 17.6 Å². The van der Waals surface area contributed by atoms with Crippen LogP contribution in [0.25, 0.3) is 0 Å². The van der Waals surface area contributed by atoms with E-state index in [4.69, 9.17) is 11.5 Å². The van der Waals surface area contributed by atoms with Gasteiger partial charge in [0.25, 0.3) is 5.56 Å². The topological polar surface area (TPSA) is 97.8 Å². The summed E-state index contributed by atoms with van der Waals surface area (Å²) in [5.41, 5.74) is 10.1. The first-order valence-corrected chi connectivity index (χ1v) is 5.97. The average Bonchev–Trinajstić information content (AvgIpc) is 2.22. The quantitative estimate of drug-likeness (QED) is 0.567. The van der Waals surface area contributed by atoms with E-state index in [-0.39, 0.29) is 17.4 Å². The molecule has 5 nitrogen and oxygen atoms in total. The Hall–Kier alpha value is -1.22. The first-order chi connectivity index (χ1) is 8.24. The van der Waals surface area contributed by atoms with Crippen molar-refractivity contribution in [3.8, 4) is 0 Å². The molecule has 0 bridgehead atoms. The van der Waals surface area contributed by atoms with E-state index in [1.54, 1.807) is 6.92 Å². The van der Waals surface area contributed by atoms with Crippen molar-refractivity contribution in [1.82, 2.24) is 9.97 Å². The van der Waals surface area contributed by atoms with Crippen LogP contribution in [0.5, 0.6) is 0 Å². The monoisotopic (exact) mass is 282 g/mol. The lowest BCUT2D eigenvalue weighted by molar-refractivity contribution is -0.132. The fourth-order valence-electron chi connectivity index (χ4n) is 1.24. The van der Waals surface area contributed by atoms with Crippen molar-refractivity contribution in [2.75, 3.05) is 5.73 Å². The molecule has 1 aromatic rings. The molecule has 0 saturated heterocycles. The minimum Gasteiger partial charge on any atom is -0.383 e. The third-order valence-corrected chi connectivity index (χ3v) is 3.45. The Bertz CT molecular complexity index is 462. The van der Waals surface area contributed by atoms with E-state index in [9.17, 15) is 18.0 Å². The van der Waals surface area contributed by atoms with Crippen molar-refractivity contribution in [1.29, 1.82) is 0 Å². The van der Waals surface area contributed by atoms with E-state index in [1.807, 2.05) is 0 Å². The number of thioether (sulfide) groups is 1. The molecule has 1 rings (SSSR count). The number of nitrogens with one attached hydrogen (secondary N) is 1. The van der Waals surface area contributed by atoms with Gasteiger partial charge in [0.2, 0.25) is 0 Å². The van der Waals surface area contributed by atoms with Gasteiger partial charge in [-0.25, -0.2) is 4.98 Å². The average molecular weight is 282 g/mol. The molecule has 0 aliphatic rings. The highest BCUT2D eigenvalue weighted by molar-refractivity contribution is 7.99. The van der Waals surface area contributed by atoms with Gasteiger partial charge in [0.05, 0.1) is 0 Å². The van der Waals surface area contributed by atoms with Crippen LogP contribution in [-0.4, -0.2) is 27.4 Å². The number of halogens is 3. The molecular weight excluding hydrogens is 269 g/mol. The van der Waals surface area contributed by atoms with Crippen LogP contribution in [0.1, 0.15) is 13.3 Å². The van der Waals surface area contributed by atoms with E-state index >= 15 is 0 Å². The molecule has 5 N–H and O–H groups in total. The van der Waals surface area contributed by atoms with E-state index in [0.717, 1.165) is 6.07 Å². The summed E-state index contributed by atoms with van der Waals surface area (Å²) in [5, 5.41) is -2.03. The predicted octanol–water partition coefficient (Wildman–Crippen LogP) is 1.11. The maximum Gasteiger partial charge on any atom is 0.402 e. The highest BCUT2D eigenvalue weighted by atomic mass is 32.2. The fourth-order valence-corrected chi connectivity index (χ4v) is 2.30. The fraction of sp³-hybridized carbons (Fsp3) is 0.556. The molecule has 9 heteroatoms. The lowest BCUT2D eigenvalue weighted by Gasteiger charge is -2.24. The lowest BCUT2D eigenvalue weighted by atomic mass is 10.1. The van der Waals surface area contributed by atoms with Gasteiger partial charge in [0.15, 0.2) is 5.16 Å². The summed E-state index contributed by atoms with van der Waals surface area (Å²) in [5.74, 6) is -0.132. The first kappa shape index (κ1) is 14.8. The number of anilines is 1. The van der Waals surface area contributed by atoms with Gasteiger partial charge in [0, 0.05) is 12.1 Å². The Kier molecular flexibility index (Phi) is 4.63. The normalized spacial score (nSPS) is 15.4. The Morgan fingerprint density at radius 3 is 2.61 bits per heavy atom. The minimum atomic E-state index is -4.48. The van der Waals surface area contributed by atoms with Crippen molar-refractivity contribution in [2.45, 2.75) is 36.0 Å². The van der Waals surface area contributed by atoms with Gasteiger partial charge in [-0.1, -0.05) is 18.7 Å². The summed E-state index contributed by atoms with van der Waals surface area (Å²) in [7, 11) is 0. The highest BCUT2D eigenvalue weighted by Crippen LogP contribution is 2.35. The largest absolute Gasteiger partial charge is 0.402 e. The Morgan fingerprint density at radius 1 is 1.56 bits per heavy atom. The van der Waals surface area contributed by atoms with Gasteiger partial charge >= 0.3 is 6.18 Å². The van der Waals surface area contributed by atoms with Gasteiger partial charge in [-0.2, -0.15) is 13.2 Å². The summed E-state index contributed by atoms with van der Waals surface area (Å²) in [6.07, 6.45) is -4.33. The van der Waals surface area contributed by atoms with Gasteiger partial charge in [0.1, 0.15) is 11.1 Å². The number of nitrogen functional groups attached to an aromatic ring is 1. The molecule has 18 heavy (non-hydrogen) atoms. The summed E-state index contributed by atoms with van der Waals surface area (Å²) in [4.78, 5) is 16.9. The zero-order chi connectivity index (χ0) is 13.9. The predicted molar refractivity (Wildman–Crippen MR) is 63.2 cm³/mol. The van der Waals surface area contributed by atoms with Crippen LogP contribution in [0.4, 0.5) is 19.0 Å². The second kappa shape index (κ2) is 5.61. The Balaban J connectivity index is 3.00. The molecule has 0 fully saturated rings. The number of rotatable bonds is 4. The van der Waals surface area contributed by atoms with Crippen LogP contribution in [0.15, 0.2) is 16.0 Å². The molecule has 1 heterocycles. The molecule has 0 aromatic carbocycles. The van der Waals surface area contributed by atoms with Crippen LogP contribution < -0.4 is 17.0 Å². The number of hydrogen-bond donors (Lipinski definition) is 3. The standard InChI is InChI=1S/C9H13F3N4OS/c1-2-4(13)7(9(10,11)12)18-8-15-5(14)3-6(17)16-8/h3-4,7H,2,13H2,1H3,(H3,14,15,16,17). The molecule has 0 spiro atoms. The van der Waals surface area contributed by atoms with Crippen molar-refractivity contribution in [3.05, 3.63) is 16.4 Å². The number of H-pyrrole nitrogens is 1. The highest BCUT2D eigenvalue weighted by Gasteiger charge is 2.44. The third-order valence-electron chi connectivity index (χ3n) is 2.16. The molecule has 0 aliphatic carbocycles. The number of hydrogen-bond acceptors (Lipinski definition) is 5. The maximum absolute atomic E-state index is 12.8. The molecule has 0 amide bonds. The lowest BCUT2D eigenvalue weighted by Crippen LogP contribution is -2.42. The molecule has 1 aromatic heterocycles. The van der Waals surface area contributed by atoms with Crippen molar-refractivity contribution in [3.63, 3.8) is 0 Å². The Morgan fingerprint density at radius 2 is 2.17 bits per heavy atom. The zero-order valence-electron chi connectivity index (χ0n) is 9.49. The summed E-state index contributed by atoms with van der Waals surface area (Å²) < 4.78 is 38.4. The van der Waals surface area contributed by atoms with Crippen molar-refractivity contribution < 1.29 is 13.2 Å². The zero-order valence-corrected chi connectivity index (χ0v) is 10.3. The molecule has 2 unspecified atom stereocenters. The summed E-state index contributed by atoms with van der Waals surface area (Å²) >= 11 is 0.360. The van der Waals surface area contributed by atoms with E-state index in [2.05, 4.69) is 9.97 Å². The first-order valence-electron chi connectivity index (χ1n) is 5.09. The van der Waals surface area contributed by atoms with Crippen LogP contribution in [0, 0.1) is 0 Å². The molecule has 0 saturated carbocycles. The van der Waals surface area contributed by atoms with Crippen LogP contribution >= 0.6 is 11.8 Å². The number of aromatic nitrogens is 2. The molecule has 2 atom stereocenters. The van der Waals surface area contributed by atoms with Crippen LogP contribution in [-0.2, 0) is 0 Å². The SMILES string of the molecule is CCC(N)C(Sc1nc(N)cc(=O)[nH]1)C(F)(F)F. The number of alkyl halides is 3. The number of nitrogens with two attached hydrogens (primary N) is 2. The smallest absolute Gasteiger partial charge is 0.383 e. The molecule has 0 aliphatic heterocycles. The maximum atomic E-state index is 12.8. The third kappa shape index (κ3) is 3.91. The van der Waals surface area contributed by atoms with Gasteiger partial charge in [-0.3, -0.25) is 4.79 Å². The van der Waals surface area contributed by atoms with Gasteiger partial charge in [-0.05, 0) is 6.42 Å². The molecule has 0 radical (unpaired) electrons. The van der Waals surface area contributed by atoms with Crippen molar-refractivity contribution in [2.24, 2.45) is 5.73 Å². The molecular formula is C9H13F3N4OS. The van der Waals surface area contributed by atoms with E-state index in [0.29, 0.717) is 11.8 Å². The van der Waals surface area contributed by atoms with Gasteiger partial charge in [-0.15, -0.1) is 0 Å².